The van der Waals surface area contributed by atoms with E-state index in [1.807, 2.05) is 17.8 Å². The van der Waals surface area contributed by atoms with Gasteiger partial charge in [-0.1, -0.05) is 34.1 Å². The van der Waals surface area contributed by atoms with Gasteiger partial charge in [-0.3, -0.25) is 0 Å². The van der Waals surface area contributed by atoms with Crippen molar-refractivity contribution in [2.24, 2.45) is 11.7 Å². The molecule has 0 spiro atoms. The third-order valence-electron chi connectivity index (χ3n) is 2.74. The lowest BCUT2D eigenvalue weighted by atomic mass is 9.93. The summed E-state index contributed by atoms with van der Waals surface area (Å²) in [6.07, 6.45) is 1.26. The highest BCUT2D eigenvalue weighted by Crippen LogP contribution is 2.35. The van der Waals surface area contributed by atoms with E-state index in [4.69, 9.17) is 5.73 Å². The molecule has 2 unspecified atom stereocenters. The van der Waals surface area contributed by atoms with Crippen LogP contribution in [0.3, 0.4) is 0 Å². The van der Waals surface area contributed by atoms with Crippen LogP contribution in [-0.2, 0) is 0 Å². The number of thioether (sulfide) groups is 1. The highest BCUT2D eigenvalue weighted by molar-refractivity contribution is 9.10. The second-order valence-electron chi connectivity index (χ2n) is 3.67. The first-order valence-corrected chi connectivity index (χ1v) is 6.81. The zero-order valence-corrected chi connectivity index (χ0v) is 10.4. The van der Waals surface area contributed by atoms with Crippen molar-refractivity contribution in [2.75, 3.05) is 11.5 Å². The molecule has 2 atom stereocenters. The number of rotatable bonds is 2. The van der Waals surface area contributed by atoms with Gasteiger partial charge < -0.3 is 5.73 Å². The van der Waals surface area contributed by atoms with Gasteiger partial charge in [0.2, 0.25) is 0 Å². The lowest BCUT2D eigenvalue weighted by Gasteiger charge is -2.19. The van der Waals surface area contributed by atoms with Crippen LogP contribution in [-0.4, -0.2) is 11.5 Å². The van der Waals surface area contributed by atoms with Crippen LogP contribution in [0.25, 0.3) is 0 Å². The van der Waals surface area contributed by atoms with E-state index in [0.29, 0.717) is 5.92 Å². The molecule has 0 bridgehead atoms. The van der Waals surface area contributed by atoms with E-state index in [0.717, 1.165) is 4.47 Å². The smallest absolute Gasteiger partial charge is 0.0342 e. The van der Waals surface area contributed by atoms with Crippen molar-refractivity contribution in [2.45, 2.75) is 12.5 Å². The SMILES string of the molecule is NC(c1ccccc1Br)C1CCSC1. The molecule has 3 heteroatoms. The van der Waals surface area contributed by atoms with Crippen LogP contribution in [0, 0.1) is 5.92 Å². The molecule has 2 rings (SSSR count). The van der Waals surface area contributed by atoms with Gasteiger partial charge in [-0.05, 0) is 35.5 Å². The summed E-state index contributed by atoms with van der Waals surface area (Å²) in [5.41, 5.74) is 7.51. The van der Waals surface area contributed by atoms with Crippen LogP contribution in [0.4, 0.5) is 0 Å². The van der Waals surface area contributed by atoms with Crippen LogP contribution in [0.2, 0.25) is 0 Å². The molecular weight excluding hydrogens is 258 g/mol. The summed E-state index contributed by atoms with van der Waals surface area (Å²) < 4.78 is 1.14. The van der Waals surface area contributed by atoms with E-state index in [1.165, 1.54) is 23.5 Å². The molecule has 1 aromatic rings. The lowest BCUT2D eigenvalue weighted by Crippen LogP contribution is -2.21. The Hall–Kier alpha value is 0.01000. The third-order valence-corrected chi connectivity index (χ3v) is 4.65. The zero-order valence-electron chi connectivity index (χ0n) is 7.95. The van der Waals surface area contributed by atoms with E-state index in [-0.39, 0.29) is 6.04 Å². The van der Waals surface area contributed by atoms with Crippen LogP contribution in [0.1, 0.15) is 18.0 Å². The topological polar surface area (TPSA) is 26.0 Å². The molecule has 1 aliphatic rings. The van der Waals surface area contributed by atoms with Crippen LogP contribution in [0.5, 0.6) is 0 Å². The van der Waals surface area contributed by atoms with Gasteiger partial charge in [0, 0.05) is 10.5 Å². The molecule has 1 heterocycles. The molecule has 1 aromatic carbocycles. The van der Waals surface area contributed by atoms with Gasteiger partial charge in [0.15, 0.2) is 0 Å². The average molecular weight is 272 g/mol. The summed E-state index contributed by atoms with van der Waals surface area (Å²) in [6.45, 7) is 0. The van der Waals surface area contributed by atoms with Gasteiger partial charge in [-0.15, -0.1) is 0 Å². The fourth-order valence-electron chi connectivity index (χ4n) is 1.84. The Labute approximate surface area is 97.6 Å². The van der Waals surface area contributed by atoms with E-state index >= 15 is 0 Å². The first kappa shape index (κ1) is 10.5. The molecule has 0 radical (unpaired) electrons. The fraction of sp³-hybridized carbons (Fsp3) is 0.455. The fourth-order valence-corrected chi connectivity index (χ4v) is 3.70. The van der Waals surface area contributed by atoms with Crippen molar-refractivity contribution in [3.63, 3.8) is 0 Å². The molecule has 0 amide bonds. The van der Waals surface area contributed by atoms with Gasteiger partial charge >= 0.3 is 0 Å². The number of hydrogen-bond donors (Lipinski definition) is 1. The molecule has 1 nitrogen and oxygen atoms in total. The summed E-state index contributed by atoms with van der Waals surface area (Å²) in [4.78, 5) is 0. The van der Waals surface area contributed by atoms with Gasteiger partial charge in [-0.25, -0.2) is 0 Å². The second-order valence-corrected chi connectivity index (χ2v) is 5.68. The Morgan fingerprint density at radius 2 is 2.21 bits per heavy atom. The molecule has 14 heavy (non-hydrogen) atoms. The highest BCUT2D eigenvalue weighted by Gasteiger charge is 2.24. The molecule has 0 aromatic heterocycles. The van der Waals surface area contributed by atoms with Crippen LogP contribution < -0.4 is 5.73 Å². The number of hydrogen-bond acceptors (Lipinski definition) is 2. The molecular formula is C11H14BrNS. The summed E-state index contributed by atoms with van der Waals surface area (Å²) in [5, 5.41) is 0. The molecule has 0 aliphatic carbocycles. The van der Waals surface area contributed by atoms with E-state index < -0.39 is 0 Å². The molecule has 1 aliphatic heterocycles. The van der Waals surface area contributed by atoms with E-state index in [2.05, 4.69) is 34.1 Å². The Bertz CT molecular complexity index is 310. The maximum atomic E-state index is 6.26. The lowest BCUT2D eigenvalue weighted by molar-refractivity contribution is 0.481. The maximum absolute atomic E-state index is 6.26. The van der Waals surface area contributed by atoms with Gasteiger partial charge in [-0.2, -0.15) is 11.8 Å². The monoisotopic (exact) mass is 271 g/mol. The average Bonchev–Trinajstić information content (AvgIpc) is 2.70. The van der Waals surface area contributed by atoms with E-state index in [1.54, 1.807) is 0 Å². The normalized spacial score (nSPS) is 23.7. The molecule has 2 N–H and O–H groups in total. The first-order valence-electron chi connectivity index (χ1n) is 4.87. The van der Waals surface area contributed by atoms with Crippen molar-refractivity contribution >= 4 is 27.7 Å². The largest absolute Gasteiger partial charge is 0.324 e. The summed E-state index contributed by atoms with van der Waals surface area (Å²) >= 11 is 5.57. The molecule has 1 saturated heterocycles. The Morgan fingerprint density at radius 1 is 1.43 bits per heavy atom. The van der Waals surface area contributed by atoms with Crippen LogP contribution >= 0.6 is 27.7 Å². The molecule has 76 valence electrons. The van der Waals surface area contributed by atoms with Crippen LogP contribution in [0.15, 0.2) is 28.7 Å². The Balaban J connectivity index is 2.17. The standard InChI is InChI=1S/C11H14BrNS/c12-10-4-2-1-3-9(10)11(13)8-5-6-14-7-8/h1-4,8,11H,5-7,13H2. The first-order chi connectivity index (χ1) is 6.79. The summed E-state index contributed by atoms with van der Waals surface area (Å²) in [5.74, 6) is 3.13. The molecule has 0 saturated carbocycles. The minimum atomic E-state index is 0.195. The summed E-state index contributed by atoms with van der Waals surface area (Å²) in [7, 11) is 0. The highest BCUT2D eigenvalue weighted by atomic mass is 79.9. The number of nitrogens with two attached hydrogens (primary N) is 1. The van der Waals surface area contributed by atoms with E-state index in [9.17, 15) is 0 Å². The predicted octanol–water partition coefficient (Wildman–Crippen LogP) is 3.20. The van der Waals surface area contributed by atoms with Crippen molar-refractivity contribution in [1.29, 1.82) is 0 Å². The Kier molecular flexibility index (Phi) is 3.52. The van der Waals surface area contributed by atoms with Crippen molar-refractivity contribution in [3.05, 3.63) is 34.3 Å². The third kappa shape index (κ3) is 2.15. The predicted molar refractivity (Wildman–Crippen MR) is 66.5 cm³/mol. The second kappa shape index (κ2) is 4.69. The zero-order chi connectivity index (χ0) is 9.97. The van der Waals surface area contributed by atoms with Crippen molar-refractivity contribution < 1.29 is 0 Å². The molecule has 1 fully saturated rings. The van der Waals surface area contributed by atoms with Gasteiger partial charge in [0.05, 0.1) is 0 Å². The Morgan fingerprint density at radius 3 is 2.86 bits per heavy atom. The van der Waals surface area contributed by atoms with Gasteiger partial charge in [0.25, 0.3) is 0 Å². The number of benzene rings is 1. The van der Waals surface area contributed by atoms with Crippen molar-refractivity contribution in [3.8, 4) is 0 Å². The minimum Gasteiger partial charge on any atom is -0.324 e. The summed E-state index contributed by atoms with van der Waals surface area (Å²) in [6, 6.07) is 8.47. The quantitative estimate of drug-likeness (QED) is 0.894. The van der Waals surface area contributed by atoms with Gasteiger partial charge in [0.1, 0.15) is 0 Å². The minimum absolute atomic E-state index is 0.195. The maximum Gasteiger partial charge on any atom is 0.0342 e. The number of halogens is 1. The van der Waals surface area contributed by atoms with Crippen molar-refractivity contribution in [1.82, 2.24) is 0 Å².